The third-order valence-corrected chi connectivity index (χ3v) is 6.34. The standard InChI is InChI=1S/C14H11NO3S2/c16-20(17)13-4-2-1-3-10(13)15-14(20)9-5-6-11-12(7-9)19-8-18-11/h1-7,14-15H,8H2. The zero-order valence-corrected chi connectivity index (χ0v) is 12.0. The Kier molecular flexibility index (Phi) is 2.52. The highest BCUT2D eigenvalue weighted by Crippen LogP contribution is 2.44. The minimum atomic E-state index is -3.38. The van der Waals surface area contributed by atoms with Gasteiger partial charge in [-0.05, 0) is 29.8 Å². The van der Waals surface area contributed by atoms with E-state index in [4.69, 9.17) is 4.74 Å². The molecule has 1 atom stereocenters. The van der Waals surface area contributed by atoms with Crippen LogP contribution in [-0.4, -0.2) is 14.4 Å². The van der Waals surface area contributed by atoms with Crippen molar-refractivity contribution in [3.8, 4) is 5.75 Å². The fraction of sp³-hybridized carbons (Fsp3) is 0.143. The van der Waals surface area contributed by atoms with Gasteiger partial charge in [-0.25, -0.2) is 8.42 Å². The third kappa shape index (κ3) is 1.65. The van der Waals surface area contributed by atoms with Crippen LogP contribution in [0.1, 0.15) is 10.9 Å². The normalized spacial score (nSPS) is 21.7. The number of para-hydroxylation sites is 1. The molecule has 6 heteroatoms. The van der Waals surface area contributed by atoms with Crippen molar-refractivity contribution in [1.29, 1.82) is 0 Å². The lowest BCUT2D eigenvalue weighted by Gasteiger charge is -2.12. The monoisotopic (exact) mass is 305 g/mol. The Balaban J connectivity index is 1.82. The molecule has 0 fully saturated rings. The second-order valence-corrected chi connectivity index (χ2v) is 7.64. The van der Waals surface area contributed by atoms with Crippen LogP contribution in [0.3, 0.4) is 0 Å². The average Bonchev–Trinajstić information content (AvgIpc) is 3.01. The van der Waals surface area contributed by atoms with Gasteiger partial charge in [0.05, 0.1) is 15.5 Å². The summed E-state index contributed by atoms with van der Waals surface area (Å²) < 4.78 is 30.6. The van der Waals surface area contributed by atoms with E-state index in [1.165, 1.54) is 0 Å². The molecule has 20 heavy (non-hydrogen) atoms. The maximum absolute atomic E-state index is 12.6. The average molecular weight is 305 g/mol. The van der Waals surface area contributed by atoms with E-state index < -0.39 is 15.2 Å². The second kappa shape index (κ2) is 4.17. The molecule has 2 aromatic carbocycles. The molecule has 0 aliphatic carbocycles. The summed E-state index contributed by atoms with van der Waals surface area (Å²) in [6.45, 7) is 0. The van der Waals surface area contributed by atoms with Gasteiger partial charge in [-0.1, -0.05) is 30.0 Å². The zero-order chi connectivity index (χ0) is 13.7. The quantitative estimate of drug-likeness (QED) is 0.877. The molecule has 0 saturated carbocycles. The fourth-order valence-corrected chi connectivity index (χ4v) is 5.06. The summed E-state index contributed by atoms with van der Waals surface area (Å²) in [4.78, 5) is 1.37. The van der Waals surface area contributed by atoms with Crippen LogP contribution in [0, 0.1) is 0 Å². The summed E-state index contributed by atoms with van der Waals surface area (Å²) in [5.74, 6) is 1.41. The molecule has 0 amide bonds. The van der Waals surface area contributed by atoms with Crippen LogP contribution in [0.2, 0.25) is 0 Å². The fourth-order valence-electron chi connectivity index (χ4n) is 2.52. The summed E-state index contributed by atoms with van der Waals surface area (Å²) >= 11 is 1.58. The number of anilines is 1. The smallest absolute Gasteiger partial charge is 0.205 e. The van der Waals surface area contributed by atoms with E-state index in [1.54, 1.807) is 30.0 Å². The number of sulfone groups is 1. The second-order valence-electron chi connectivity index (χ2n) is 4.68. The van der Waals surface area contributed by atoms with Crippen molar-refractivity contribution in [2.45, 2.75) is 15.2 Å². The van der Waals surface area contributed by atoms with Crippen molar-refractivity contribution in [2.75, 3.05) is 11.3 Å². The molecule has 0 saturated heterocycles. The summed E-state index contributed by atoms with van der Waals surface area (Å²) in [6.07, 6.45) is 0. The number of hydrogen-bond acceptors (Lipinski definition) is 5. The lowest BCUT2D eigenvalue weighted by molar-refractivity contribution is 0.397. The Morgan fingerprint density at radius 1 is 1.20 bits per heavy atom. The highest BCUT2D eigenvalue weighted by molar-refractivity contribution is 7.99. The molecule has 102 valence electrons. The van der Waals surface area contributed by atoms with E-state index in [9.17, 15) is 8.42 Å². The molecule has 4 nitrogen and oxygen atoms in total. The molecule has 4 rings (SSSR count). The molecule has 2 heterocycles. The third-order valence-electron chi connectivity index (χ3n) is 3.49. The first-order valence-corrected chi connectivity index (χ1v) is 8.68. The lowest BCUT2D eigenvalue weighted by Crippen LogP contribution is -2.13. The number of hydrogen-bond donors (Lipinski definition) is 1. The van der Waals surface area contributed by atoms with E-state index in [2.05, 4.69) is 5.32 Å². The van der Waals surface area contributed by atoms with Gasteiger partial charge in [-0.3, -0.25) is 0 Å². The Morgan fingerprint density at radius 3 is 2.90 bits per heavy atom. The van der Waals surface area contributed by atoms with E-state index in [0.717, 1.165) is 16.2 Å². The highest BCUT2D eigenvalue weighted by atomic mass is 32.2. The lowest BCUT2D eigenvalue weighted by atomic mass is 10.2. The van der Waals surface area contributed by atoms with E-state index in [1.807, 2.05) is 24.3 Å². The molecule has 0 spiro atoms. The number of nitrogens with one attached hydrogen (secondary N) is 1. The van der Waals surface area contributed by atoms with E-state index in [-0.39, 0.29) is 0 Å². The Hall–Kier alpha value is -1.66. The molecule has 0 radical (unpaired) electrons. The van der Waals surface area contributed by atoms with Crippen LogP contribution in [-0.2, 0) is 9.84 Å². The predicted octanol–water partition coefficient (Wildman–Crippen LogP) is 3.03. The molecular formula is C14H11NO3S2. The predicted molar refractivity (Wildman–Crippen MR) is 77.8 cm³/mol. The van der Waals surface area contributed by atoms with Gasteiger partial charge in [0.15, 0.2) is 5.37 Å². The van der Waals surface area contributed by atoms with Gasteiger partial charge in [0, 0.05) is 0 Å². The van der Waals surface area contributed by atoms with Crippen LogP contribution in [0.15, 0.2) is 52.3 Å². The van der Waals surface area contributed by atoms with Crippen molar-refractivity contribution in [1.82, 2.24) is 0 Å². The van der Waals surface area contributed by atoms with Crippen molar-refractivity contribution >= 4 is 27.3 Å². The van der Waals surface area contributed by atoms with Crippen molar-refractivity contribution in [2.24, 2.45) is 0 Å². The molecule has 0 bridgehead atoms. The zero-order valence-electron chi connectivity index (χ0n) is 10.4. The summed E-state index contributed by atoms with van der Waals surface area (Å²) in [6, 6.07) is 12.6. The number of fused-ring (bicyclic) bond motifs is 2. The minimum absolute atomic E-state index is 0.370. The largest absolute Gasteiger partial charge is 0.481 e. The summed E-state index contributed by atoms with van der Waals surface area (Å²) in [7, 11) is -3.38. The van der Waals surface area contributed by atoms with Crippen LogP contribution in [0.5, 0.6) is 5.75 Å². The summed E-state index contributed by atoms with van der Waals surface area (Å²) in [5.41, 5.74) is 1.42. The summed E-state index contributed by atoms with van der Waals surface area (Å²) in [5, 5.41) is 2.38. The molecular weight excluding hydrogens is 294 g/mol. The molecule has 2 aromatic rings. The SMILES string of the molecule is O=S1(=O)c2ccccc2NC1c1ccc2c(c1)SCO2. The molecule has 0 aromatic heterocycles. The van der Waals surface area contributed by atoms with Gasteiger partial charge in [-0.15, -0.1) is 0 Å². The molecule has 2 aliphatic heterocycles. The molecule has 1 unspecified atom stereocenters. The van der Waals surface area contributed by atoms with Gasteiger partial charge in [0.2, 0.25) is 9.84 Å². The van der Waals surface area contributed by atoms with Crippen LogP contribution >= 0.6 is 11.8 Å². The van der Waals surface area contributed by atoms with Gasteiger partial charge in [0.25, 0.3) is 0 Å². The van der Waals surface area contributed by atoms with Crippen molar-refractivity contribution in [3.05, 3.63) is 48.0 Å². The topological polar surface area (TPSA) is 55.4 Å². The molecule has 1 N–H and O–H groups in total. The van der Waals surface area contributed by atoms with E-state index in [0.29, 0.717) is 16.5 Å². The van der Waals surface area contributed by atoms with Crippen LogP contribution < -0.4 is 10.1 Å². The Morgan fingerprint density at radius 2 is 2.05 bits per heavy atom. The maximum Gasteiger partial charge on any atom is 0.205 e. The number of thioether (sulfide) groups is 1. The first-order valence-electron chi connectivity index (χ1n) is 6.15. The van der Waals surface area contributed by atoms with Crippen molar-refractivity contribution < 1.29 is 13.2 Å². The maximum atomic E-state index is 12.6. The van der Waals surface area contributed by atoms with E-state index >= 15 is 0 Å². The molecule has 2 aliphatic rings. The Bertz CT molecular complexity index is 802. The number of ether oxygens (including phenoxy) is 1. The number of benzene rings is 2. The first kappa shape index (κ1) is 12.1. The minimum Gasteiger partial charge on any atom is -0.481 e. The highest BCUT2D eigenvalue weighted by Gasteiger charge is 2.37. The first-order chi connectivity index (χ1) is 9.66. The Labute approximate surface area is 121 Å². The van der Waals surface area contributed by atoms with Gasteiger partial charge in [0.1, 0.15) is 11.7 Å². The van der Waals surface area contributed by atoms with Gasteiger partial charge in [-0.2, -0.15) is 0 Å². The van der Waals surface area contributed by atoms with Crippen molar-refractivity contribution in [3.63, 3.8) is 0 Å². The van der Waals surface area contributed by atoms with Crippen LogP contribution in [0.4, 0.5) is 5.69 Å². The van der Waals surface area contributed by atoms with Gasteiger partial charge < -0.3 is 10.1 Å². The van der Waals surface area contributed by atoms with Crippen LogP contribution in [0.25, 0.3) is 0 Å². The van der Waals surface area contributed by atoms with Gasteiger partial charge >= 0.3 is 0 Å². The number of rotatable bonds is 1.